The van der Waals surface area contributed by atoms with Crippen LogP contribution in [0.5, 0.6) is 0 Å². The summed E-state index contributed by atoms with van der Waals surface area (Å²) in [6, 6.07) is 10.7. The minimum atomic E-state index is 0.318. The highest BCUT2D eigenvalue weighted by molar-refractivity contribution is 5.18. The molecule has 68 valence electrons. The van der Waals surface area contributed by atoms with E-state index in [1.165, 1.54) is 5.56 Å². The molecule has 1 aromatic rings. The molecule has 1 heteroatoms. The lowest BCUT2D eigenvalue weighted by atomic mass is 10.1. The first-order valence-corrected chi connectivity index (χ1v) is 4.47. The third-order valence-corrected chi connectivity index (χ3v) is 1.87. The molecule has 0 N–H and O–H groups in total. The Morgan fingerprint density at radius 1 is 1.38 bits per heavy atom. The topological polar surface area (TPSA) is 14.1 Å². The minimum Gasteiger partial charge on any atom is -0.649 e. The maximum absolute atomic E-state index is 5.13. The monoisotopic (exact) mass is 172 g/mol. The maximum atomic E-state index is 5.13. The van der Waals surface area contributed by atoms with Crippen LogP contribution in [0.3, 0.4) is 0 Å². The van der Waals surface area contributed by atoms with E-state index < -0.39 is 0 Å². The normalized spacial score (nSPS) is 12.0. The van der Waals surface area contributed by atoms with Crippen molar-refractivity contribution in [2.24, 2.45) is 0 Å². The summed E-state index contributed by atoms with van der Waals surface area (Å²) in [5.41, 5.74) is 1.32. The molecule has 1 unspecified atom stereocenters. The van der Waals surface area contributed by atoms with Crippen molar-refractivity contribution in [2.75, 3.05) is 6.54 Å². The highest BCUT2D eigenvalue weighted by atomic mass is 14.9. The Bertz CT molecular complexity index is 271. The lowest BCUT2D eigenvalue weighted by Gasteiger charge is -2.25. The molecule has 0 amide bonds. The molecule has 0 bridgehead atoms. The number of hydrogen-bond acceptors (Lipinski definition) is 0. The smallest absolute Gasteiger partial charge is 0.0442 e. The lowest BCUT2D eigenvalue weighted by molar-refractivity contribution is 0.803. The highest BCUT2D eigenvalue weighted by Gasteiger charge is 1.92. The molecule has 1 nitrogen and oxygen atoms in total. The molecule has 13 heavy (non-hydrogen) atoms. The van der Waals surface area contributed by atoms with Gasteiger partial charge in [0.1, 0.15) is 0 Å². The molecule has 0 radical (unpaired) electrons. The second-order valence-electron chi connectivity index (χ2n) is 3.08. The first kappa shape index (κ1) is 9.83. The van der Waals surface area contributed by atoms with Gasteiger partial charge in [0, 0.05) is 0 Å². The molecule has 0 heterocycles. The van der Waals surface area contributed by atoms with Crippen molar-refractivity contribution in [3.05, 3.63) is 41.2 Å². The Hall–Kier alpha value is -1.26. The van der Waals surface area contributed by atoms with Gasteiger partial charge in [0.15, 0.2) is 0 Å². The maximum Gasteiger partial charge on any atom is -0.0442 e. The van der Waals surface area contributed by atoms with Gasteiger partial charge in [-0.1, -0.05) is 43.8 Å². The summed E-state index contributed by atoms with van der Waals surface area (Å²) in [4.78, 5) is 0. The van der Waals surface area contributed by atoms with E-state index in [2.05, 4.69) is 30.3 Å². The molecule has 0 aliphatic carbocycles. The first-order chi connectivity index (χ1) is 6.33. The summed E-state index contributed by atoms with van der Waals surface area (Å²) in [7, 11) is 0. The van der Waals surface area contributed by atoms with Crippen molar-refractivity contribution in [2.45, 2.75) is 19.4 Å². The fourth-order valence-electron chi connectivity index (χ4n) is 1.23. The number of terminal acetylenes is 1. The predicted octanol–water partition coefficient (Wildman–Crippen LogP) is 2.62. The fourth-order valence-corrected chi connectivity index (χ4v) is 1.23. The van der Waals surface area contributed by atoms with Crippen LogP contribution in [0.25, 0.3) is 5.32 Å². The van der Waals surface area contributed by atoms with Crippen molar-refractivity contribution >= 4 is 0 Å². The molecule has 0 aliphatic rings. The van der Waals surface area contributed by atoms with Gasteiger partial charge in [-0.05, 0) is 12.0 Å². The first-order valence-electron chi connectivity index (χ1n) is 4.47. The van der Waals surface area contributed by atoms with Gasteiger partial charge < -0.3 is 5.32 Å². The van der Waals surface area contributed by atoms with Crippen LogP contribution < -0.4 is 0 Å². The summed E-state index contributed by atoms with van der Waals surface area (Å²) in [5.74, 6) is 2.52. The van der Waals surface area contributed by atoms with Crippen molar-refractivity contribution in [1.29, 1.82) is 0 Å². The van der Waals surface area contributed by atoms with Gasteiger partial charge in [0.25, 0.3) is 0 Å². The van der Waals surface area contributed by atoms with Crippen LogP contribution in [0.1, 0.15) is 12.5 Å². The predicted molar refractivity (Wildman–Crippen MR) is 56.7 cm³/mol. The molecule has 0 saturated heterocycles. The van der Waals surface area contributed by atoms with E-state index in [4.69, 9.17) is 6.42 Å². The SMILES string of the molecule is C#CC[N-]C(C)Cc1ccccc1. The molecule has 0 saturated carbocycles. The average Bonchev–Trinajstić information content (AvgIpc) is 2.16. The van der Waals surface area contributed by atoms with Crippen LogP contribution in [0.2, 0.25) is 0 Å². The summed E-state index contributed by atoms with van der Waals surface area (Å²) in [6.07, 6.45) is 6.10. The zero-order valence-corrected chi connectivity index (χ0v) is 7.90. The lowest BCUT2D eigenvalue weighted by Crippen LogP contribution is -2.05. The van der Waals surface area contributed by atoms with Crippen LogP contribution in [0.4, 0.5) is 0 Å². The van der Waals surface area contributed by atoms with Gasteiger partial charge >= 0.3 is 0 Å². The molecular weight excluding hydrogens is 158 g/mol. The standard InChI is InChI=1S/C12H14N/c1-3-9-13-11(2)10-12-7-5-4-6-8-12/h1,4-8,11H,9-10H2,2H3/q-1. The van der Waals surface area contributed by atoms with Gasteiger partial charge in [-0.3, -0.25) is 0 Å². The molecule has 0 spiro atoms. The largest absolute Gasteiger partial charge is 0.649 e. The van der Waals surface area contributed by atoms with Crippen molar-refractivity contribution in [3.63, 3.8) is 0 Å². The number of hydrogen-bond donors (Lipinski definition) is 0. The number of nitrogens with zero attached hydrogens (tertiary/aromatic N) is 1. The van der Waals surface area contributed by atoms with Crippen LogP contribution >= 0.6 is 0 Å². The second kappa shape index (κ2) is 5.40. The number of benzene rings is 1. The van der Waals surface area contributed by atoms with Gasteiger partial charge in [-0.15, -0.1) is 18.4 Å². The molecule has 1 aromatic carbocycles. The summed E-state index contributed by atoms with van der Waals surface area (Å²) >= 11 is 0. The van der Waals surface area contributed by atoms with Gasteiger partial charge in [-0.25, -0.2) is 0 Å². The van der Waals surface area contributed by atoms with E-state index in [9.17, 15) is 0 Å². The Morgan fingerprint density at radius 3 is 2.69 bits per heavy atom. The average molecular weight is 172 g/mol. The summed E-state index contributed by atoms with van der Waals surface area (Å²) in [6.45, 7) is 2.61. The molecular formula is C12H14N-. The quantitative estimate of drug-likeness (QED) is 0.620. The van der Waals surface area contributed by atoms with Crippen molar-refractivity contribution in [1.82, 2.24) is 0 Å². The van der Waals surface area contributed by atoms with E-state index in [0.717, 1.165) is 6.42 Å². The Balaban J connectivity index is 2.37. The van der Waals surface area contributed by atoms with E-state index in [-0.39, 0.29) is 0 Å². The number of rotatable bonds is 4. The molecule has 1 atom stereocenters. The third-order valence-electron chi connectivity index (χ3n) is 1.87. The Kier molecular flexibility index (Phi) is 4.08. The zero-order valence-electron chi connectivity index (χ0n) is 7.90. The fraction of sp³-hybridized carbons (Fsp3) is 0.333. The van der Waals surface area contributed by atoms with E-state index in [1.54, 1.807) is 0 Å². The van der Waals surface area contributed by atoms with Gasteiger partial charge in [0.05, 0.1) is 0 Å². The van der Waals surface area contributed by atoms with Crippen molar-refractivity contribution in [3.8, 4) is 12.3 Å². The zero-order chi connectivity index (χ0) is 9.52. The van der Waals surface area contributed by atoms with Crippen LogP contribution in [0, 0.1) is 12.3 Å². The van der Waals surface area contributed by atoms with Crippen LogP contribution in [0.15, 0.2) is 30.3 Å². The Morgan fingerprint density at radius 2 is 2.08 bits per heavy atom. The second-order valence-corrected chi connectivity index (χ2v) is 3.08. The summed E-state index contributed by atoms with van der Waals surface area (Å²) < 4.78 is 0. The minimum absolute atomic E-state index is 0.318. The van der Waals surface area contributed by atoms with E-state index >= 15 is 0 Å². The Labute approximate surface area is 80.2 Å². The highest BCUT2D eigenvalue weighted by Crippen LogP contribution is 2.08. The van der Waals surface area contributed by atoms with Gasteiger partial charge in [0.2, 0.25) is 0 Å². The molecule has 0 aliphatic heterocycles. The van der Waals surface area contributed by atoms with Crippen molar-refractivity contribution < 1.29 is 0 Å². The van der Waals surface area contributed by atoms with Crippen LogP contribution in [-0.4, -0.2) is 12.6 Å². The molecule has 0 aromatic heterocycles. The van der Waals surface area contributed by atoms with Gasteiger partial charge in [-0.2, -0.15) is 0 Å². The van der Waals surface area contributed by atoms with E-state index in [0.29, 0.717) is 12.6 Å². The third kappa shape index (κ3) is 3.78. The molecule has 0 fully saturated rings. The van der Waals surface area contributed by atoms with E-state index in [1.807, 2.05) is 18.2 Å². The summed E-state index contributed by atoms with van der Waals surface area (Å²) in [5, 5.41) is 4.30. The molecule has 1 rings (SSSR count). The van der Waals surface area contributed by atoms with Crippen LogP contribution in [-0.2, 0) is 6.42 Å².